The van der Waals surface area contributed by atoms with E-state index in [1.165, 1.54) is 0 Å². The first-order valence-electron chi connectivity index (χ1n) is 8.63. The van der Waals surface area contributed by atoms with Crippen LogP contribution in [0.25, 0.3) is 0 Å². The molecule has 0 atom stereocenters. The molecule has 2 heterocycles. The van der Waals surface area contributed by atoms with E-state index in [9.17, 15) is 9.59 Å². The van der Waals surface area contributed by atoms with Crippen molar-refractivity contribution >= 4 is 17.8 Å². The second kappa shape index (κ2) is 7.59. The number of hydrogen-bond acceptors (Lipinski definition) is 6. The fourth-order valence-corrected chi connectivity index (χ4v) is 2.86. The molecule has 0 unspecified atom stereocenters. The number of hydrogen-bond donors (Lipinski definition) is 3. The smallest absolute Gasteiger partial charge is 0.407 e. The van der Waals surface area contributed by atoms with Crippen molar-refractivity contribution in [2.75, 3.05) is 5.32 Å². The van der Waals surface area contributed by atoms with Gasteiger partial charge < -0.3 is 19.9 Å². The number of amides is 2. The standard InChI is InChI=1S/C17H23N5O4/c1-9(2)25-17(24)18-12-5-11(6-12)14-8-15(21-20-14)19-16(23)7-13-4-10(3)22-26-13/h4,8-9,11-12H,5-7H2,1-3H3,(H,18,24)(H2,19,20,21,23). The molecular weight excluding hydrogens is 338 g/mol. The van der Waals surface area contributed by atoms with Crippen LogP contribution < -0.4 is 10.6 Å². The van der Waals surface area contributed by atoms with E-state index in [0.29, 0.717) is 11.6 Å². The lowest BCUT2D eigenvalue weighted by molar-refractivity contribution is -0.115. The highest BCUT2D eigenvalue weighted by Gasteiger charge is 2.33. The molecule has 3 N–H and O–H groups in total. The van der Waals surface area contributed by atoms with Gasteiger partial charge in [0, 0.05) is 29.8 Å². The van der Waals surface area contributed by atoms with Crippen LogP contribution in [0.15, 0.2) is 16.7 Å². The van der Waals surface area contributed by atoms with Gasteiger partial charge in [-0.25, -0.2) is 4.79 Å². The average Bonchev–Trinajstić information content (AvgIpc) is 3.11. The van der Waals surface area contributed by atoms with Crippen LogP contribution in [0, 0.1) is 6.92 Å². The van der Waals surface area contributed by atoms with Crippen molar-refractivity contribution in [2.45, 2.75) is 58.1 Å². The van der Waals surface area contributed by atoms with Crippen molar-refractivity contribution in [2.24, 2.45) is 0 Å². The highest BCUT2D eigenvalue weighted by Crippen LogP contribution is 2.36. The summed E-state index contributed by atoms with van der Waals surface area (Å²) in [6.07, 6.45) is 1.20. The molecule has 9 nitrogen and oxygen atoms in total. The monoisotopic (exact) mass is 361 g/mol. The zero-order valence-corrected chi connectivity index (χ0v) is 15.0. The number of nitrogens with one attached hydrogen (secondary N) is 3. The highest BCUT2D eigenvalue weighted by molar-refractivity contribution is 5.91. The third-order valence-corrected chi connectivity index (χ3v) is 4.12. The number of nitrogens with zero attached hydrogens (tertiary/aromatic N) is 2. The number of aromatic amines is 1. The van der Waals surface area contributed by atoms with Gasteiger partial charge >= 0.3 is 6.09 Å². The molecule has 26 heavy (non-hydrogen) atoms. The van der Waals surface area contributed by atoms with Crippen molar-refractivity contribution in [3.63, 3.8) is 0 Å². The fraction of sp³-hybridized carbons (Fsp3) is 0.529. The molecule has 0 aliphatic heterocycles. The number of ether oxygens (including phenoxy) is 1. The van der Waals surface area contributed by atoms with Gasteiger partial charge in [0.2, 0.25) is 5.91 Å². The average molecular weight is 361 g/mol. The molecule has 2 aromatic rings. The maximum atomic E-state index is 12.0. The van der Waals surface area contributed by atoms with Gasteiger partial charge in [-0.15, -0.1) is 0 Å². The van der Waals surface area contributed by atoms with Crippen LogP contribution in [0.2, 0.25) is 0 Å². The SMILES string of the molecule is Cc1cc(CC(=O)Nc2cc(C3CC(NC(=O)OC(C)C)C3)[nH]n2)on1. The van der Waals surface area contributed by atoms with Crippen LogP contribution >= 0.6 is 0 Å². The third-order valence-electron chi connectivity index (χ3n) is 4.12. The van der Waals surface area contributed by atoms with Crippen molar-refractivity contribution < 1.29 is 18.8 Å². The summed E-state index contributed by atoms with van der Waals surface area (Å²) in [4.78, 5) is 23.6. The number of rotatable bonds is 6. The largest absolute Gasteiger partial charge is 0.447 e. The Balaban J connectivity index is 1.44. The molecule has 1 aliphatic rings. The Kier molecular flexibility index (Phi) is 5.24. The maximum Gasteiger partial charge on any atom is 0.407 e. The molecule has 1 saturated carbocycles. The molecule has 1 aliphatic carbocycles. The first kappa shape index (κ1) is 18.0. The molecule has 0 spiro atoms. The molecule has 3 rings (SSSR count). The number of anilines is 1. The quantitative estimate of drug-likeness (QED) is 0.725. The molecule has 2 amide bonds. The first-order chi connectivity index (χ1) is 12.4. The zero-order chi connectivity index (χ0) is 18.7. The molecule has 9 heteroatoms. The lowest BCUT2D eigenvalue weighted by Gasteiger charge is -2.34. The lowest BCUT2D eigenvalue weighted by atomic mass is 9.78. The van der Waals surface area contributed by atoms with Crippen LogP contribution in [0.3, 0.4) is 0 Å². The van der Waals surface area contributed by atoms with Gasteiger partial charge in [0.1, 0.15) is 5.76 Å². The summed E-state index contributed by atoms with van der Waals surface area (Å²) in [6.45, 7) is 5.43. The van der Waals surface area contributed by atoms with E-state index in [1.807, 2.05) is 19.9 Å². The Morgan fingerprint density at radius 2 is 2.15 bits per heavy atom. The minimum absolute atomic E-state index is 0.0993. The number of aromatic nitrogens is 3. The first-order valence-corrected chi connectivity index (χ1v) is 8.63. The van der Waals surface area contributed by atoms with Crippen molar-refractivity contribution in [3.8, 4) is 0 Å². The normalized spacial score (nSPS) is 19.1. The molecule has 0 saturated heterocycles. The number of carbonyl (C=O) groups excluding carboxylic acids is 2. The van der Waals surface area contributed by atoms with Gasteiger partial charge in [0.05, 0.1) is 18.2 Å². The number of aryl methyl sites for hydroxylation is 1. The summed E-state index contributed by atoms with van der Waals surface area (Å²) in [5.74, 6) is 1.03. The number of H-pyrrole nitrogens is 1. The Labute approximate surface area is 150 Å². The summed E-state index contributed by atoms with van der Waals surface area (Å²) in [5.41, 5.74) is 1.67. The van der Waals surface area contributed by atoms with Crippen LogP contribution in [0.4, 0.5) is 10.6 Å². The van der Waals surface area contributed by atoms with E-state index >= 15 is 0 Å². The van der Waals surface area contributed by atoms with Gasteiger partial charge in [-0.2, -0.15) is 5.10 Å². The highest BCUT2D eigenvalue weighted by atomic mass is 16.6. The molecule has 0 bridgehead atoms. The predicted octanol–water partition coefficient (Wildman–Crippen LogP) is 2.27. The van der Waals surface area contributed by atoms with Crippen LogP contribution in [-0.4, -0.2) is 39.5 Å². The minimum atomic E-state index is -0.385. The molecule has 2 aromatic heterocycles. The van der Waals surface area contributed by atoms with E-state index in [2.05, 4.69) is 26.0 Å². The summed E-state index contributed by atoms with van der Waals surface area (Å²) < 4.78 is 10.1. The van der Waals surface area contributed by atoms with Gasteiger partial charge in [-0.1, -0.05) is 5.16 Å². The summed E-state index contributed by atoms with van der Waals surface area (Å²) >= 11 is 0. The minimum Gasteiger partial charge on any atom is -0.447 e. The zero-order valence-electron chi connectivity index (χ0n) is 15.0. The molecule has 0 radical (unpaired) electrons. The van der Waals surface area contributed by atoms with Crippen molar-refractivity contribution in [1.82, 2.24) is 20.7 Å². The van der Waals surface area contributed by atoms with Gasteiger partial charge in [-0.05, 0) is 33.6 Å². The van der Waals surface area contributed by atoms with E-state index in [0.717, 1.165) is 24.2 Å². The maximum absolute atomic E-state index is 12.0. The van der Waals surface area contributed by atoms with Gasteiger partial charge in [0.25, 0.3) is 0 Å². The van der Waals surface area contributed by atoms with Crippen LogP contribution in [0.5, 0.6) is 0 Å². The van der Waals surface area contributed by atoms with Gasteiger partial charge in [-0.3, -0.25) is 9.89 Å². The second-order valence-corrected chi connectivity index (χ2v) is 6.83. The topological polar surface area (TPSA) is 122 Å². The fourth-order valence-electron chi connectivity index (χ4n) is 2.86. The Bertz CT molecular complexity index is 776. The summed E-state index contributed by atoms with van der Waals surface area (Å²) in [5, 5.41) is 16.4. The van der Waals surface area contributed by atoms with Crippen molar-refractivity contribution in [3.05, 3.63) is 29.3 Å². The van der Waals surface area contributed by atoms with Crippen molar-refractivity contribution in [1.29, 1.82) is 0 Å². The Hall–Kier alpha value is -2.84. The number of alkyl carbamates (subject to hydrolysis) is 1. The molecular formula is C17H23N5O4. The van der Waals surface area contributed by atoms with E-state index in [1.54, 1.807) is 13.0 Å². The Morgan fingerprint density at radius 3 is 2.81 bits per heavy atom. The van der Waals surface area contributed by atoms with E-state index < -0.39 is 0 Å². The van der Waals surface area contributed by atoms with E-state index in [4.69, 9.17) is 9.26 Å². The van der Waals surface area contributed by atoms with Crippen LogP contribution in [-0.2, 0) is 16.0 Å². The molecule has 1 fully saturated rings. The van der Waals surface area contributed by atoms with Crippen LogP contribution in [0.1, 0.15) is 49.8 Å². The lowest BCUT2D eigenvalue weighted by Crippen LogP contribution is -2.44. The molecule has 140 valence electrons. The number of carbonyl (C=O) groups is 2. The summed E-state index contributed by atoms with van der Waals surface area (Å²) in [7, 11) is 0. The third kappa shape index (κ3) is 4.62. The Morgan fingerprint density at radius 1 is 1.38 bits per heavy atom. The van der Waals surface area contributed by atoms with Gasteiger partial charge in [0.15, 0.2) is 5.82 Å². The molecule has 0 aromatic carbocycles. The summed E-state index contributed by atoms with van der Waals surface area (Å²) in [6, 6.07) is 3.64. The van der Waals surface area contributed by atoms with E-state index in [-0.39, 0.29) is 36.5 Å². The second-order valence-electron chi connectivity index (χ2n) is 6.83. The predicted molar refractivity (Wildman–Crippen MR) is 92.7 cm³/mol.